The maximum atomic E-state index is 12.1. The van der Waals surface area contributed by atoms with Crippen LogP contribution >= 0.6 is 11.3 Å². The van der Waals surface area contributed by atoms with Crippen LogP contribution in [0, 0.1) is 6.92 Å². The van der Waals surface area contributed by atoms with Crippen molar-refractivity contribution in [3.05, 3.63) is 51.2 Å². The molecule has 0 N–H and O–H groups in total. The van der Waals surface area contributed by atoms with Gasteiger partial charge in [-0.2, -0.15) is 0 Å². The Balaban J connectivity index is 2.04. The van der Waals surface area contributed by atoms with Crippen LogP contribution in [0.5, 0.6) is 5.75 Å². The number of ether oxygens (including phenoxy) is 1. The Labute approximate surface area is 130 Å². The SMILES string of the molecule is CCc1ccc(C(=O)COc2cc(C)cc(C(C)C)c2)s1. The second kappa shape index (κ2) is 6.90. The van der Waals surface area contributed by atoms with Gasteiger partial charge in [-0.05, 0) is 54.7 Å². The number of hydrogen-bond acceptors (Lipinski definition) is 3. The van der Waals surface area contributed by atoms with Gasteiger partial charge in [0.25, 0.3) is 0 Å². The third-order valence-electron chi connectivity index (χ3n) is 3.39. The second-order valence-electron chi connectivity index (χ2n) is 5.57. The summed E-state index contributed by atoms with van der Waals surface area (Å²) in [6.45, 7) is 8.55. The van der Waals surface area contributed by atoms with Crippen molar-refractivity contribution >= 4 is 17.1 Å². The van der Waals surface area contributed by atoms with Crippen molar-refractivity contribution in [1.82, 2.24) is 0 Å². The van der Waals surface area contributed by atoms with Gasteiger partial charge in [-0.25, -0.2) is 0 Å². The molecule has 0 radical (unpaired) electrons. The first kappa shape index (κ1) is 15.8. The Kier molecular flexibility index (Phi) is 5.18. The van der Waals surface area contributed by atoms with Crippen molar-refractivity contribution in [2.24, 2.45) is 0 Å². The number of carbonyl (C=O) groups excluding carboxylic acids is 1. The molecule has 0 saturated heterocycles. The van der Waals surface area contributed by atoms with Gasteiger partial charge in [0.1, 0.15) is 5.75 Å². The van der Waals surface area contributed by atoms with Gasteiger partial charge in [0.05, 0.1) is 4.88 Å². The van der Waals surface area contributed by atoms with Crippen LogP contribution in [0.3, 0.4) is 0 Å². The molecular formula is C18H22O2S. The number of hydrogen-bond donors (Lipinski definition) is 0. The molecule has 2 rings (SSSR count). The van der Waals surface area contributed by atoms with E-state index in [0.29, 0.717) is 5.92 Å². The van der Waals surface area contributed by atoms with E-state index >= 15 is 0 Å². The quantitative estimate of drug-likeness (QED) is 0.702. The Morgan fingerprint density at radius 2 is 2.00 bits per heavy atom. The summed E-state index contributed by atoms with van der Waals surface area (Å²) in [6, 6.07) is 10.1. The van der Waals surface area contributed by atoms with E-state index in [1.165, 1.54) is 10.4 Å². The first-order chi connectivity index (χ1) is 9.99. The van der Waals surface area contributed by atoms with Crippen LogP contribution < -0.4 is 4.74 Å². The van der Waals surface area contributed by atoms with E-state index in [-0.39, 0.29) is 12.4 Å². The molecule has 0 bridgehead atoms. The molecule has 1 aromatic heterocycles. The Bertz CT molecular complexity index is 626. The number of ketones is 1. The molecule has 0 aliphatic rings. The van der Waals surface area contributed by atoms with Gasteiger partial charge in [0.15, 0.2) is 6.61 Å². The van der Waals surface area contributed by atoms with Gasteiger partial charge in [0, 0.05) is 4.88 Å². The predicted octanol–water partition coefficient (Wildman–Crippen LogP) is 5.00. The summed E-state index contributed by atoms with van der Waals surface area (Å²) in [5.74, 6) is 1.28. The zero-order chi connectivity index (χ0) is 15.4. The molecule has 0 aliphatic heterocycles. The third-order valence-corrected chi connectivity index (χ3v) is 4.67. The second-order valence-corrected chi connectivity index (χ2v) is 6.73. The van der Waals surface area contributed by atoms with Gasteiger partial charge in [-0.1, -0.05) is 26.8 Å². The zero-order valence-corrected chi connectivity index (χ0v) is 13.9. The molecule has 2 nitrogen and oxygen atoms in total. The van der Waals surface area contributed by atoms with E-state index in [2.05, 4.69) is 26.8 Å². The smallest absolute Gasteiger partial charge is 0.210 e. The van der Waals surface area contributed by atoms with Crippen LogP contribution in [0.2, 0.25) is 0 Å². The van der Waals surface area contributed by atoms with Gasteiger partial charge in [-0.3, -0.25) is 4.79 Å². The molecular weight excluding hydrogens is 280 g/mol. The lowest BCUT2D eigenvalue weighted by Crippen LogP contribution is -2.10. The third kappa shape index (κ3) is 4.18. The first-order valence-corrected chi connectivity index (χ1v) is 8.17. The molecule has 0 atom stereocenters. The summed E-state index contributed by atoms with van der Waals surface area (Å²) in [7, 11) is 0. The maximum Gasteiger partial charge on any atom is 0.210 e. The van der Waals surface area contributed by atoms with Crippen LogP contribution in [-0.2, 0) is 6.42 Å². The van der Waals surface area contributed by atoms with Crippen molar-refractivity contribution in [1.29, 1.82) is 0 Å². The molecule has 1 aromatic carbocycles. The van der Waals surface area contributed by atoms with Crippen molar-refractivity contribution in [3.63, 3.8) is 0 Å². The zero-order valence-electron chi connectivity index (χ0n) is 13.1. The summed E-state index contributed by atoms with van der Waals surface area (Å²) < 4.78 is 5.69. The molecule has 2 aromatic rings. The lowest BCUT2D eigenvalue weighted by Gasteiger charge is -2.11. The van der Waals surface area contributed by atoms with E-state index in [4.69, 9.17) is 4.74 Å². The lowest BCUT2D eigenvalue weighted by molar-refractivity contribution is 0.0925. The predicted molar refractivity (Wildman–Crippen MR) is 88.8 cm³/mol. The molecule has 21 heavy (non-hydrogen) atoms. The minimum atomic E-state index is 0.0484. The molecule has 0 amide bonds. The summed E-state index contributed by atoms with van der Waals surface area (Å²) in [5.41, 5.74) is 2.40. The largest absolute Gasteiger partial charge is 0.485 e. The summed E-state index contributed by atoms with van der Waals surface area (Å²) in [6.07, 6.45) is 0.967. The average molecular weight is 302 g/mol. The molecule has 3 heteroatoms. The number of thiophene rings is 1. The highest BCUT2D eigenvalue weighted by molar-refractivity contribution is 7.14. The van der Waals surface area contributed by atoms with Crippen molar-refractivity contribution in [2.75, 3.05) is 6.61 Å². The lowest BCUT2D eigenvalue weighted by atomic mass is 10.0. The van der Waals surface area contributed by atoms with Crippen molar-refractivity contribution in [2.45, 2.75) is 40.0 Å². The highest BCUT2D eigenvalue weighted by atomic mass is 32.1. The Morgan fingerprint density at radius 1 is 1.24 bits per heavy atom. The fraction of sp³-hybridized carbons (Fsp3) is 0.389. The summed E-state index contributed by atoms with van der Waals surface area (Å²) in [5, 5.41) is 0. The number of Topliss-reactive ketones (excluding diaryl/α,β-unsaturated/α-hetero) is 1. The number of carbonyl (C=O) groups is 1. The van der Waals surface area contributed by atoms with E-state index in [1.807, 2.05) is 31.2 Å². The van der Waals surface area contributed by atoms with Gasteiger partial charge >= 0.3 is 0 Å². The Hall–Kier alpha value is -1.61. The fourth-order valence-electron chi connectivity index (χ4n) is 2.13. The maximum absolute atomic E-state index is 12.1. The Morgan fingerprint density at radius 3 is 2.62 bits per heavy atom. The van der Waals surface area contributed by atoms with Gasteiger partial charge < -0.3 is 4.74 Å². The van der Waals surface area contributed by atoms with Gasteiger partial charge in [-0.15, -0.1) is 11.3 Å². The highest BCUT2D eigenvalue weighted by Crippen LogP contribution is 2.23. The monoisotopic (exact) mass is 302 g/mol. The standard InChI is InChI=1S/C18H22O2S/c1-5-16-6-7-18(21-16)17(19)11-20-15-9-13(4)8-14(10-15)12(2)3/h6-10,12H,5,11H2,1-4H3. The van der Waals surface area contributed by atoms with Crippen LogP contribution in [0.4, 0.5) is 0 Å². The summed E-state index contributed by atoms with van der Waals surface area (Å²) >= 11 is 1.56. The topological polar surface area (TPSA) is 26.3 Å². The van der Waals surface area contributed by atoms with Gasteiger partial charge in [0.2, 0.25) is 5.78 Å². The van der Waals surface area contributed by atoms with E-state index in [9.17, 15) is 4.79 Å². The van der Waals surface area contributed by atoms with Crippen LogP contribution in [0.25, 0.3) is 0 Å². The molecule has 112 valence electrons. The van der Waals surface area contributed by atoms with Crippen LogP contribution in [0.1, 0.15) is 52.4 Å². The van der Waals surface area contributed by atoms with Crippen LogP contribution in [-0.4, -0.2) is 12.4 Å². The minimum absolute atomic E-state index is 0.0484. The molecule has 0 saturated carbocycles. The van der Waals surface area contributed by atoms with Crippen LogP contribution in [0.15, 0.2) is 30.3 Å². The summed E-state index contributed by atoms with van der Waals surface area (Å²) in [4.78, 5) is 14.1. The molecule has 0 spiro atoms. The van der Waals surface area contributed by atoms with E-state index in [0.717, 1.165) is 22.6 Å². The molecule has 1 heterocycles. The highest BCUT2D eigenvalue weighted by Gasteiger charge is 2.11. The molecule has 0 aliphatic carbocycles. The normalized spacial score (nSPS) is 10.9. The average Bonchev–Trinajstić information content (AvgIpc) is 2.93. The minimum Gasteiger partial charge on any atom is -0.485 e. The fourth-order valence-corrected chi connectivity index (χ4v) is 3.00. The van der Waals surface area contributed by atoms with Crippen molar-refractivity contribution < 1.29 is 9.53 Å². The number of rotatable bonds is 6. The first-order valence-electron chi connectivity index (χ1n) is 7.36. The van der Waals surface area contributed by atoms with E-state index < -0.39 is 0 Å². The molecule has 0 fully saturated rings. The number of benzene rings is 1. The van der Waals surface area contributed by atoms with Crippen molar-refractivity contribution in [3.8, 4) is 5.75 Å². The number of aryl methyl sites for hydroxylation is 2. The molecule has 0 unspecified atom stereocenters. The van der Waals surface area contributed by atoms with E-state index in [1.54, 1.807) is 11.3 Å².